The van der Waals surface area contributed by atoms with E-state index in [1.807, 2.05) is 6.07 Å². The maximum absolute atomic E-state index is 5.04. The van der Waals surface area contributed by atoms with Crippen molar-refractivity contribution in [3.8, 4) is 0 Å². The Bertz CT molecular complexity index is 469. The van der Waals surface area contributed by atoms with Crippen molar-refractivity contribution >= 4 is 11.8 Å². The lowest BCUT2D eigenvalue weighted by atomic mass is 10.2. The topological polar surface area (TPSA) is 81.7 Å². The first-order valence-electron chi connectivity index (χ1n) is 6.25. The molecule has 0 radical (unpaired) electrons. The van der Waals surface area contributed by atoms with Crippen LogP contribution in [0.15, 0.2) is 21.9 Å². The third kappa shape index (κ3) is 4.64. The van der Waals surface area contributed by atoms with Gasteiger partial charge in [0.1, 0.15) is 5.76 Å². The SMILES string of the molecule is CC(C)CNCCn1nnnc1SCc1ccno1. The molecule has 2 heterocycles. The Morgan fingerprint density at radius 3 is 3.11 bits per heavy atom. The minimum atomic E-state index is 0.647. The van der Waals surface area contributed by atoms with Gasteiger partial charge in [0.25, 0.3) is 0 Å². The van der Waals surface area contributed by atoms with E-state index in [9.17, 15) is 0 Å². The number of aromatic nitrogens is 5. The molecule has 0 unspecified atom stereocenters. The van der Waals surface area contributed by atoms with Crippen LogP contribution in [0.1, 0.15) is 19.6 Å². The van der Waals surface area contributed by atoms with Gasteiger partial charge < -0.3 is 9.84 Å². The summed E-state index contributed by atoms with van der Waals surface area (Å²) in [5, 5.41) is 19.5. The molecule has 0 saturated heterocycles. The Morgan fingerprint density at radius 2 is 2.37 bits per heavy atom. The van der Waals surface area contributed by atoms with Gasteiger partial charge in [0.05, 0.1) is 18.5 Å². The van der Waals surface area contributed by atoms with E-state index >= 15 is 0 Å². The summed E-state index contributed by atoms with van der Waals surface area (Å²) in [5.41, 5.74) is 0. The summed E-state index contributed by atoms with van der Waals surface area (Å²) in [6.45, 7) is 6.99. The zero-order valence-electron chi connectivity index (χ0n) is 11.1. The van der Waals surface area contributed by atoms with Crippen molar-refractivity contribution in [3.05, 3.63) is 18.0 Å². The lowest BCUT2D eigenvalue weighted by Gasteiger charge is -2.07. The van der Waals surface area contributed by atoms with E-state index < -0.39 is 0 Å². The van der Waals surface area contributed by atoms with E-state index in [0.717, 1.165) is 30.6 Å². The molecule has 2 rings (SSSR count). The van der Waals surface area contributed by atoms with Gasteiger partial charge >= 0.3 is 0 Å². The van der Waals surface area contributed by atoms with Crippen molar-refractivity contribution in [2.45, 2.75) is 31.3 Å². The van der Waals surface area contributed by atoms with Crippen LogP contribution in [0.25, 0.3) is 0 Å². The van der Waals surface area contributed by atoms with E-state index in [2.05, 4.69) is 39.8 Å². The van der Waals surface area contributed by atoms with Crippen LogP contribution >= 0.6 is 11.8 Å². The van der Waals surface area contributed by atoms with Crippen LogP contribution in [0.3, 0.4) is 0 Å². The van der Waals surface area contributed by atoms with Crippen molar-refractivity contribution in [2.75, 3.05) is 13.1 Å². The van der Waals surface area contributed by atoms with Crippen LogP contribution in [-0.2, 0) is 12.3 Å². The third-order valence-electron chi connectivity index (χ3n) is 2.39. The van der Waals surface area contributed by atoms with E-state index in [-0.39, 0.29) is 0 Å². The number of nitrogens with zero attached hydrogens (tertiary/aromatic N) is 5. The molecule has 0 bridgehead atoms. The fraction of sp³-hybridized carbons (Fsp3) is 0.636. The molecule has 104 valence electrons. The molecule has 0 aliphatic carbocycles. The number of nitrogens with one attached hydrogen (secondary N) is 1. The second-order valence-corrected chi connectivity index (χ2v) is 5.49. The number of rotatable bonds is 8. The highest BCUT2D eigenvalue weighted by atomic mass is 32.2. The van der Waals surface area contributed by atoms with Gasteiger partial charge in [0.2, 0.25) is 5.16 Å². The summed E-state index contributed by atoms with van der Waals surface area (Å²) in [7, 11) is 0. The summed E-state index contributed by atoms with van der Waals surface area (Å²) in [6.07, 6.45) is 1.63. The fourth-order valence-electron chi connectivity index (χ4n) is 1.47. The van der Waals surface area contributed by atoms with Gasteiger partial charge in [0.15, 0.2) is 0 Å². The molecular formula is C11H18N6OS. The van der Waals surface area contributed by atoms with Gasteiger partial charge in [-0.3, -0.25) is 0 Å². The lowest BCUT2D eigenvalue weighted by molar-refractivity contribution is 0.395. The van der Waals surface area contributed by atoms with Crippen molar-refractivity contribution in [2.24, 2.45) is 5.92 Å². The van der Waals surface area contributed by atoms with Crippen LogP contribution in [0.2, 0.25) is 0 Å². The van der Waals surface area contributed by atoms with Gasteiger partial charge in [-0.25, -0.2) is 4.68 Å². The Morgan fingerprint density at radius 1 is 1.47 bits per heavy atom. The largest absolute Gasteiger partial charge is 0.361 e. The average Bonchev–Trinajstić information content (AvgIpc) is 3.03. The second-order valence-electron chi connectivity index (χ2n) is 4.55. The predicted octanol–water partition coefficient (Wildman–Crippen LogP) is 1.20. The van der Waals surface area contributed by atoms with Crippen molar-refractivity contribution < 1.29 is 4.52 Å². The fourth-order valence-corrected chi connectivity index (χ4v) is 2.26. The molecular weight excluding hydrogens is 264 g/mol. The lowest BCUT2D eigenvalue weighted by Crippen LogP contribution is -2.24. The smallest absolute Gasteiger partial charge is 0.209 e. The first kappa shape index (κ1) is 14.0. The first-order valence-corrected chi connectivity index (χ1v) is 7.23. The minimum absolute atomic E-state index is 0.647. The molecule has 0 aliphatic heterocycles. The van der Waals surface area contributed by atoms with Crippen molar-refractivity contribution in [3.63, 3.8) is 0 Å². The zero-order valence-corrected chi connectivity index (χ0v) is 11.9. The van der Waals surface area contributed by atoms with Gasteiger partial charge in [0, 0.05) is 12.6 Å². The molecule has 1 N–H and O–H groups in total. The molecule has 2 aromatic heterocycles. The van der Waals surface area contributed by atoms with Crippen molar-refractivity contribution in [1.82, 2.24) is 30.7 Å². The Hall–Kier alpha value is -1.41. The minimum Gasteiger partial charge on any atom is -0.361 e. The van der Waals surface area contributed by atoms with E-state index in [4.69, 9.17) is 4.52 Å². The van der Waals surface area contributed by atoms with Gasteiger partial charge in [-0.1, -0.05) is 30.8 Å². The Balaban J connectivity index is 1.77. The third-order valence-corrected chi connectivity index (χ3v) is 3.37. The van der Waals surface area contributed by atoms with E-state index in [0.29, 0.717) is 11.7 Å². The molecule has 0 atom stereocenters. The number of thioether (sulfide) groups is 1. The standard InChI is InChI=1S/C11H18N6OS/c1-9(2)7-12-5-6-17-11(14-15-16-17)19-8-10-3-4-13-18-10/h3-4,9,12H,5-8H2,1-2H3. The van der Waals surface area contributed by atoms with Gasteiger partial charge in [-0.2, -0.15) is 0 Å². The molecule has 0 aliphatic rings. The maximum atomic E-state index is 5.04. The van der Waals surface area contributed by atoms with Crippen molar-refractivity contribution in [1.29, 1.82) is 0 Å². The monoisotopic (exact) mass is 282 g/mol. The Kier molecular flexibility index (Phi) is 5.34. The van der Waals surface area contributed by atoms with Crippen LogP contribution in [0.4, 0.5) is 0 Å². The molecule has 8 heteroatoms. The quantitative estimate of drug-likeness (QED) is 0.575. The summed E-state index contributed by atoms with van der Waals surface area (Å²) in [4.78, 5) is 0. The zero-order chi connectivity index (χ0) is 13.5. The van der Waals surface area contributed by atoms with Crippen LogP contribution in [0.5, 0.6) is 0 Å². The maximum Gasteiger partial charge on any atom is 0.209 e. The predicted molar refractivity (Wildman–Crippen MR) is 71.6 cm³/mol. The number of hydrogen-bond acceptors (Lipinski definition) is 7. The summed E-state index contributed by atoms with van der Waals surface area (Å²) >= 11 is 1.54. The normalized spacial score (nSPS) is 11.3. The molecule has 19 heavy (non-hydrogen) atoms. The molecule has 0 aromatic carbocycles. The van der Waals surface area contributed by atoms with E-state index in [1.165, 1.54) is 0 Å². The average molecular weight is 282 g/mol. The molecule has 0 amide bonds. The molecule has 0 fully saturated rings. The summed E-state index contributed by atoms with van der Waals surface area (Å²) in [5.74, 6) is 2.14. The molecule has 0 spiro atoms. The highest BCUT2D eigenvalue weighted by molar-refractivity contribution is 7.98. The second kappa shape index (κ2) is 7.25. The summed E-state index contributed by atoms with van der Waals surface area (Å²) < 4.78 is 6.84. The van der Waals surface area contributed by atoms with Gasteiger partial charge in [-0.05, 0) is 22.9 Å². The Labute approximate surface area is 116 Å². The highest BCUT2D eigenvalue weighted by Gasteiger charge is 2.08. The van der Waals surface area contributed by atoms with Crippen LogP contribution in [-0.4, -0.2) is 38.5 Å². The van der Waals surface area contributed by atoms with Crippen LogP contribution < -0.4 is 5.32 Å². The molecule has 2 aromatic rings. The molecule has 0 saturated carbocycles. The number of hydrogen-bond donors (Lipinski definition) is 1. The van der Waals surface area contributed by atoms with Crippen LogP contribution in [0, 0.1) is 5.92 Å². The molecule has 7 nitrogen and oxygen atoms in total. The first-order chi connectivity index (χ1) is 9.25. The van der Waals surface area contributed by atoms with E-state index in [1.54, 1.807) is 22.6 Å². The van der Waals surface area contributed by atoms with Gasteiger partial charge in [-0.15, -0.1) is 5.10 Å². The summed E-state index contributed by atoms with van der Waals surface area (Å²) in [6, 6.07) is 1.84. The number of tetrazole rings is 1. The highest BCUT2D eigenvalue weighted by Crippen LogP contribution is 2.19.